The Kier molecular flexibility index (Phi) is 4.78. The summed E-state index contributed by atoms with van der Waals surface area (Å²) < 4.78 is 11.5. The summed E-state index contributed by atoms with van der Waals surface area (Å²) in [4.78, 5) is 22.5. The Morgan fingerprint density at radius 2 is 2.05 bits per heavy atom. The van der Waals surface area contributed by atoms with Gasteiger partial charge in [-0.3, -0.25) is 4.79 Å². The van der Waals surface area contributed by atoms with Gasteiger partial charge >= 0.3 is 5.97 Å². The standard InChI is InChI=1S/C14H15N3O4/c1-3-21-14(19)10-4-6-11(7-5-10)17-13(9-20-2)12(8-18)15-16-17/h4-8H,3,9H2,1-2H3. The minimum atomic E-state index is -0.381. The van der Waals surface area contributed by atoms with Gasteiger partial charge in [-0.25, -0.2) is 9.48 Å². The summed E-state index contributed by atoms with van der Waals surface area (Å²) in [6, 6.07) is 6.67. The molecule has 2 rings (SSSR count). The quantitative estimate of drug-likeness (QED) is 0.590. The Morgan fingerprint density at radius 1 is 1.33 bits per heavy atom. The van der Waals surface area contributed by atoms with Crippen LogP contribution in [0.4, 0.5) is 0 Å². The van der Waals surface area contributed by atoms with E-state index in [1.54, 1.807) is 31.2 Å². The highest BCUT2D eigenvalue weighted by molar-refractivity contribution is 5.89. The van der Waals surface area contributed by atoms with Crippen LogP contribution in [0.5, 0.6) is 0 Å². The summed E-state index contributed by atoms with van der Waals surface area (Å²) in [6.45, 7) is 2.28. The molecule has 0 saturated heterocycles. The van der Waals surface area contributed by atoms with Gasteiger partial charge in [-0.1, -0.05) is 5.21 Å². The molecule has 1 aromatic heterocycles. The van der Waals surface area contributed by atoms with Crippen molar-refractivity contribution in [1.29, 1.82) is 0 Å². The molecule has 110 valence electrons. The van der Waals surface area contributed by atoms with Crippen LogP contribution in [0.2, 0.25) is 0 Å². The molecule has 1 heterocycles. The summed E-state index contributed by atoms with van der Waals surface area (Å²) in [5, 5.41) is 7.72. The Hall–Kier alpha value is -2.54. The number of hydrogen-bond donors (Lipinski definition) is 0. The van der Waals surface area contributed by atoms with Crippen LogP contribution >= 0.6 is 0 Å². The maximum atomic E-state index is 11.6. The fourth-order valence-electron chi connectivity index (χ4n) is 1.84. The third-order valence-corrected chi connectivity index (χ3v) is 2.81. The van der Waals surface area contributed by atoms with E-state index < -0.39 is 0 Å². The Morgan fingerprint density at radius 3 is 2.62 bits per heavy atom. The number of methoxy groups -OCH3 is 1. The normalized spacial score (nSPS) is 10.4. The van der Waals surface area contributed by atoms with Crippen molar-refractivity contribution in [3.8, 4) is 5.69 Å². The van der Waals surface area contributed by atoms with Crippen molar-refractivity contribution in [3.05, 3.63) is 41.2 Å². The number of hydrogen-bond acceptors (Lipinski definition) is 6. The van der Waals surface area contributed by atoms with Crippen molar-refractivity contribution in [2.45, 2.75) is 13.5 Å². The fourth-order valence-corrected chi connectivity index (χ4v) is 1.84. The van der Waals surface area contributed by atoms with Gasteiger partial charge in [-0.05, 0) is 31.2 Å². The molecule has 0 radical (unpaired) electrons. The predicted octanol–water partition coefficient (Wildman–Crippen LogP) is 1.40. The van der Waals surface area contributed by atoms with Crippen LogP contribution in [0, 0.1) is 0 Å². The highest BCUT2D eigenvalue weighted by Gasteiger charge is 2.14. The van der Waals surface area contributed by atoms with Crippen molar-refractivity contribution in [2.24, 2.45) is 0 Å². The van der Waals surface area contributed by atoms with Crippen molar-refractivity contribution in [1.82, 2.24) is 15.0 Å². The number of nitrogens with zero attached hydrogens (tertiary/aromatic N) is 3. The number of benzene rings is 1. The molecule has 21 heavy (non-hydrogen) atoms. The van der Waals surface area contributed by atoms with E-state index in [4.69, 9.17) is 9.47 Å². The largest absolute Gasteiger partial charge is 0.462 e. The van der Waals surface area contributed by atoms with Crippen molar-refractivity contribution in [2.75, 3.05) is 13.7 Å². The molecular weight excluding hydrogens is 274 g/mol. The van der Waals surface area contributed by atoms with Gasteiger partial charge in [-0.15, -0.1) is 5.10 Å². The number of aldehydes is 1. The van der Waals surface area contributed by atoms with E-state index in [1.165, 1.54) is 11.8 Å². The minimum Gasteiger partial charge on any atom is -0.462 e. The fraction of sp³-hybridized carbons (Fsp3) is 0.286. The molecule has 0 amide bonds. The maximum Gasteiger partial charge on any atom is 0.338 e. The summed E-state index contributed by atoms with van der Waals surface area (Å²) >= 11 is 0. The van der Waals surface area contributed by atoms with E-state index in [0.717, 1.165) is 0 Å². The van der Waals surface area contributed by atoms with E-state index >= 15 is 0 Å². The number of aromatic nitrogens is 3. The monoisotopic (exact) mass is 289 g/mol. The predicted molar refractivity (Wildman–Crippen MR) is 73.4 cm³/mol. The second-order valence-electron chi connectivity index (χ2n) is 4.15. The number of carbonyl (C=O) groups is 2. The van der Waals surface area contributed by atoms with Gasteiger partial charge < -0.3 is 9.47 Å². The summed E-state index contributed by atoms with van der Waals surface area (Å²) in [5.41, 5.74) is 1.91. The van der Waals surface area contributed by atoms with Crippen LogP contribution in [0.25, 0.3) is 5.69 Å². The average Bonchev–Trinajstić information content (AvgIpc) is 2.91. The van der Waals surface area contributed by atoms with E-state index in [0.29, 0.717) is 29.8 Å². The molecule has 0 fully saturated rings. The topological polar surface area (TPSA) is 83.3 Å². The lowest BCUT2D eigenvalue weighted by atomic mass is 10.2. The van der Waals surface area contributed by atoms with Crippen LogP contribution in [-0.2, 0) is 16.1 Å². The molecule has 0 unspecified atom stereocenters. The molecule has 0 saturated carbocycles. The van der Waals surface area contributed by atoms with Crippen LogP contribution in [0.3, 0.4) is 0 Å². The number of rotatable bonds is 6. The highest BCUT2D eigenvalue weighted by Crippen LogP contribution is 2.14. The van der Waals surface area contributed by atoms with E-state index in [9.17, 15) is 9.59 Å². The summed E-state index contributed by atoms with van der Waals surface area (Å²) in [6.07, 6.45) is 0.630. The van der Waals surface area contributed by atoms with Crippen molar-refractivity contribution < 1.29 is 19.1 Å². The molecule has 0 atom stereocenters. The van der Waals surface area contributed by atoms with Crippen LogP contribution in [0.1, 0.15) is 33.5 Å². The molecular formula is C14H15N3O4. The molecule has 7 nitrogen and oxygen atoms in total. The molecule has 7 heteroatoms. The van der Waals surface area contributed by atoms with Gasteiger partial charge in [-0.2, -0.15) is 0 Å². The van der Waals surface area contributed by atoms with Gasteiger partial charge in [0, 0.05) is 7.11 Å². The second kappa shape index (κ2) is 6.76. The van der Waals surface area contributed by atoms with Gasteiger partial charge in [0.15, 0.2) is 12.0 Å². The van der Waals surface area contributed by atoms with Gasteiger partial charge in [0.2, 0.25) is 0 Å². The first-order chi connectivity index (χ1) is 10.2. The first-order valence-electron chi connectivity index (χ1n) is 6.37. The molecule has 0 bridgehead atoms. The average molecular weight is 289 g/mol. The molecule has 2 aromatic rings. The van der Waals surface area contributed by atoms with Crippen LogP contribution in [0.15, 0.2) is 24.3 Å². The highest BCUT2D eigenvalue weighted by atomic mass is 16.5. The van der Waals surface area contributed by atoms with Crippen molar-refractivity contribution in [3.63, 3.8) is 0 Å². The molecule has 0 aliphatic carbocycles. The zero-order valence-corrected chi connectivity index (χ0v) is 11.8. The Balaban J connectivity index is 2.32. The molecule has 1 aromatic carbocycles. The first-order valence-corrected chi connectivity index (χ1v) is 6.37. The van der Waals surface area contributed by atoms with E-state index in [-0.39, 0.29) is 18.3 Å². The first kappa shape index (κ1) is 14.9. The van der Waals surface area contributed by atoms with Crippen LogP contribution < -0.4 is 0 Å². The number of ether oxygens (including phenoxy) is 2. The van der Waals surface area contributed by atoms with Crippen LogP contribution in [-0.4, -0.2) is 41.0 Å². The zero-order chi connectivity index (χ0) is 15.2. The lowest BCUT2D eigenvalue weighted by Crippen LogP contribution is -2.07. The van der Waals surface area contributed by atoms with Crippen molar-refractivity contribution >= 4 is 12.3 Å². The maximum absolute atomic E-state index is 11.6. The Bertz CT molecular complexity index is 634. The SMILES string of the molecule is CCOC(=O)c1ccc(-n2nnc(C=O)c2COC)cc1. The number of carbonyl (C=O) groups excluding carboxylic acids is 2. The summed E-state index contributed by atoms with van der Waals surface area (Å²) in [5.74, 6) is -0.381. The molecule has 0 N–H and O–H groups in total. The second-order valence-corrected chi connectivity index (χ2v) is 4.15. The molecule has 0 aliphatic rings. The number of esters is 1. The smallest absolute Gasteiger partial charge is 0.338 e. The summed E-state index contributed by atoms with van der Waals surface area (Å²) in [7, 11) is 1.52. The van der Waals surface area contributed by atoms with Gasteiger partial charge in [0.1, 0.15) is 5.69 Å². The third-order valence-electron chi connectivity index (χ3n) is 2.81. The molecule has 0 spiro atoms. The van der Waals surface area contributed by atoms with E-state index in [2.05, 4.69) is 10.3 Å². The minimum absolute atomic E-state index is 0.209. The molecule has 0 aliphatic heterocycles. The van der Waals surface area contributed by atoms with E-state index in [1.807, 2.05) is 0 Å². The lowest BCUT2D eigenvalue weighted by Gasteiger charge is -2.07. The van der Waals surface area contributed by atoms with Gasteiger partial charge in [0.25, 0.3) is 0 Å². The lowest BCUT2D eigenvalue weighted by molar-refractivity contribution is 0.0526. The zero-order valence-electron chi connectivity index (χ0n) is 11.8. The third kappa shape index (κ3) is 3.14. The van der Waals surface area contributed by atoms with Gasteiger partial charge in [0.05, 0.1) is 24.5 Å². The Labute approximate surface area is 121 Å².